The molecular weight excluding hydrogens is 382 g/mol. The predicted octanol–water partition coefficient (Wildman–Crippen LogP) is 2.73. The van der Waals surface area contributed by atoms with Crippen molar-refractivity contribution in [2.45, 2.75) is 10.6 Å². The van der Waals surface area contributed by atoms with Crippen molar-refractivity contribution in [1.82, 2.24) is 0 Å². The summed E-state index contributed by atoms with van der Waals surface area (Å²) in [4.78, 5) is 0. The molecule has 106 valence electrons. The van der Waals surface area contributed by atoms with Crippen molar-refractivity contribution in [3.8, 4) is 11.5 Å². The van der Waals surface area contributed by atoms with E-state index in [1.807, 2.05) is 24.3 Å². The maximum atomic E-state index is 5.39. The van der Waals surface area contributed by atoms with E-state index in [-0.39, 0.29) is 0 Å². The Hall–Kier alpha value is -0.921. The Morgan fingerprint density at radius 2 is 1.10 bits per heavy atom. The van der Waals surface area contributed by atoms with Crippen LogP contribution < -0.4 is 9.47 Å². The Morgan fingerprint density at radius 1 is 0.700 bits per heavy atom. The number of rotatable bonds is 7. The summed E-state index contributed by atoms with van der Waals surface area (Å²) in [5.74, 6) is 2.03. The van der Waals surface area contributed by atoms with Gasteiger partial charge in [0.1, 0.15) is 0 Å². The second-order valence-corrected chi connectivity index (χ2v) is 11.5. The van der Waals surface area contributed by atoms with Crippen LogP contribution in [0.2, 0.25) is 0 Å². The quantitative estimate of drug-likeness (QED) is 0.526. The first-order valence-electron chi connectivity index (χ1n) is 6.33. The normalized spacial score (nSPS) is 10.3. The van der Waals surface area contributed by atoms with E-state index in [2.05, 4.69) is 24.3 Å². The van der Waals surface area contributed by atoms with Gasteiger partial charge in [-0.2, -0.15) is 0 Å². The third-order valence-corrected chi connectivity index (χ3v) is 9.43. The molecule has 0 heterocycles. The van der Waals surface area contributed by atoms with Gasteiger partial charge in [0, 0.05) is 0 Å². The summed E-state index contributed by atoms with van der Waals surface area (Å²) in [6, 6.07) is 16.6. The molecule has 0 aliphatic rings. The molecule has 0 unspecified atom stereocenters. The zero-order valence-electron chi connectivity index (χ0n) is 11.7. The molecule has 2 aromatic carbocycles. The third-order valence-electron chi connectivity index (χ3n) is 2.90. The second kappa shape index (κ2) is 8.38. The molecule has 2 nitrogen and oxygen atoms in total. The van der Waals surface area contributed by atoms with Gasteiger partial charge in [-0.1, -0.05) is 0 Å². The van der Waals surface area contributed by atoms with E-state index in [0.29, 0.717) is 26.3 Å². The van der Waals surface area contributed by atoms with Gasteiger partial charge in [0.25, 0.3) is 0 Å². The Morgan fingerprint density at radius 3 is 1.50 bits per heavy atom. The van der Waals surface area contributed by atoms with Crippen LogP contribution in [0.5, 0.6) is 11.5 Å². The second-order valence-electron chi connectivity index (χ2n) is 4.15. The molecule has 0 aliphatic heterocycles. The number of hydrogen-bond acceptors (Lipinski definition) is 2. The molecular formula is C16H18O2Se2. The molecule has 20 heavy (non-hydrogen) atoms. The first-order valence-corrected chi connectivity index (χ1v) is 13.1. The molecule has 0 saturated carbocycles. The Bertz CT molecular complexity index is 494. The molecule has 0 N–H and O–H groups in total. The van der Waals surface area contributed by atoms with Crippen LogP contribution >= 0.6 is 0 Å². The summed E-state index contributed by atoms with van der Waals surface area (Å²) in [6.45, 7) is 0. The molecule has 2 rings (SSSR count). The molecule has 0 aromatic heterocycles. The topological polar surface area (TPSA) is 18.5 Å². The van der Waals surface area contributed by atoms with Crippen molar-refractivity contribution < 1.29 is 9.47 Å². The number of methoxy groups -OCH3 is 2. The first kappa shape index (κ1) is 15.5. The van der Waals surface area contributed by atoms with Crippen LogP contribution in [0.15, 0.2) is 48.5 Å². The predicted molar refractivity (Wildman–Crippen MR) is 84.9 cm³/mol. The summed E-state index contributed by atoms with van der Waals surface area (Å²) in [6.07, 6.45) is 0. The van der Waals surface area contributed by atoms with Gasteiger partial charge >= 0.3 is 132 Å². The first-order chi connectivity index (χ1) is 9.85. The van der Waals surface area contributed by atoms with E-state index in [9.17, 15) is 0 Å². The van der Waals surface area contributed by atoms with E-state index in [1.54, 1.807) is 14.2 Å². The molecule has 2 aromatic rings. The summed E-state index contributed by atoms with van der Waals surface area (Å²) in [7, 11) is 3.48. The molecule has 0 amide bonds. The molecule has 0 spiro atoms. The number of benzene rings is 2. The van der Waals surface area contributed by atoms with E-state index in [0.717, 1.165) is 22.1 Å². The number of para-hydroxylation sites is 2. The number of ether oxygens (including phenoxy) is 2. The fourth-order valence-electron chi connectivity index (χ4n) is 1.85. The summed E-state index contributed by atoms with van der Waals surface area (Å²) in [5, 5.41) is 2.29. The van der Waals surface area contributed by atoms with Gasteiger partial charge in [-0.3, -0.25) is 0 Å². The fraction of sp³-hybridized carbons (Fsp3) is 0.250. The Kier molecular flexibility index (Phi) is 6.48. The molecule has 0 radical (unpaired) electrons. The molecule has 0 bridgehead atoms. The standard InChI is InChI=1S/C16H18O2Se2/c1-17-15-9-5-3-7-13(15)11-19-20-12-14-8-4-6-10-16(14)18-2/h3-10H,11-12H2,1-2H3. The zero-order valence-corrected chi connectivity index (χ0v) is 15.1. The van der Waals surface area contributed by atoms with Crippen molar-refractivity contribution in [3.63, 3.8) is 0 Å². The number of hydrogen-bond donors (Lipinski definition) is 0. The van der Waals surface area contributed by atoms with Crippen molar-refractivity contribution >= 4 is 26.3 Å². The monoisotopic (exact) mass is 402 g/mol. The van der Waals surface area contributed by atoms with Crippen LogP contribution in [0, 0.1) is 0 Å². The minimum absolute atomic E-state index is 0.641. The fourth-order valence-corrected chi connectivity index (χ4v) is 8.32. The van der Waals surface area contributed by atoms with E-state index >= 15 is 0 Å². The van der Waals surface area contributed by atoms with Crippen LogP contribution in [-0.2, 0) is 10.6 Å². The van der Waals surface area contributed by atoms with E-state index < -0.39 is 0 Å². The Labute approximate surface area is 131 Å². The van der Waals surface area contributed by atoms with Gasteiger partial charge in [-0.15, -0.1) is 0 Å². The van der Waals surface area contributed by atoms with Gasteiger partial charge in [-0.25, -0.2) is 0 Å². The van der Waals surface area contributed by atoms with Crippen molar-refractivity contribution in [2.24, 2.45) is 0 Å². The van der Waals surface area contributed by atoms with Gasteiger partial charge in [0.05, 0.1) is 0 Å². The summed E-state index contributed by atoms with van der Waals surface area (Å²) in [5.41, 5.74) is 2.66. The molecule has 0 fully saturated rings. The van der Waals surface area contributed by atoms with Crippen LogP contribution in [-0.4, -0.2) is 40.5 Å². The minimum atomic E-state index is 0.641. The Balaban J connectivity index is 1.84. The van der Waals surface area contributed by atoms with Crippen LogP contribution in [0.1, 0.15) is 11.1 Å². The summed E-state index contributed by atoms with van der Waals surface area (Å²) < 4.78 is 10.8. The van der Waals surface area contributed by atoms with Gasteiger partial charge in [0.2, 0.25) is 0 Å². The zero-order chi connectivity index (χ0) is 14.2. The molecule has 0 saturated heterocycles. The molecule has 4 heteroatoms. The molecule has 0 atom stereocenters. The van der Waals surface area contributed by atoms with Gasteiger partial charge in [0.15, 0.2) is 0 Å². The van der Waals surface area contributed by atoms with Crippen LogP contribution in [0.4, 0.5) is 0 Å². The van der Waals surface area contributed by atoms with Crippen molar-refractivity contribution in [3.05, 3.63) is 59.7 Å². The van der Waals surface area contributed by atoms with Gasteiger partial charge < -0.3 is 0 Å². The third kappa shape index (κ3) is 4.29. The van der Waals surface area contributed by atoms with Gasteiger partial charge in [-0.05, 0) is 0 Å². The van der Waals surface area contributed by atoms with E-state index in [4.69, 9.17) is 9.47 Å². The average Bonchev–Trinajstić information content (AvgIpc) is 2.52. The average molecular weight is 400 g/mol. The molecule has 0 aliphatic carbocycles. The van der Waals surface area contributed by atoms with E-state index in [1.165, 1.54) is 11.1 Å². The summed E-state index contributed by atoms with van der Waals surface area (Å²) >= 11 is 1.28. The van der Waals surface area contributed by atoms with Crippen LogP contribution in [0.3, 0.4) is 0 Å². The van der Waals surface area contributed by atoms with Crippen molar-refractivity contribution in [2.75, 3.05) is 14.2 Å². The van der Waals surface area contributed by atoms with Crippen molar-refractivity contribution in [1.29, 1.82) is 0 Å². The maximum absolute atomic E-state index is 5.39. The SMILES string of the molecule is COc1ccccc1C[Se][Se]Cc1ccccc1OC. The van der Waals surface area contributed by atoms with Crippen LogP contribution in [0.25, 0.3) is 0 Å².